The van der Waals surface area contributed by atoms with E-state index in [1.165, 1.54) is 16.4 Å². The van der Waals surface area contributed by atoms with Gasteiger partial charge in [-0.25, -0.2) is 0 Å². The zero-order chi connectivity index (χ0) is 17.2. The summed E-state index contributed by atoms with van der Waals surface area (Å²) < 4.78 is 6.19. The van der Waals surface area contributed by atoms with Crippen LogP contribution >= 0.6 is 0 Å². The molecule has 0 aliphatic carbocycles. The van der Waals surface area contributed by atoms with Crippen molar-refractivity contribution in [3.8, 4) is 0 Å². The zero-order valence-electron chi connectivity index (χ0n) is 14.9. The summed E-state index contributed by atoms with van der Waals surface area (Å²) in [5, 5.41) is 21.9. The lowest BCUT2D eigenvalue weighted by atomic mass is 9.61. The van der Waals surface area contributed by atoms with Gasteiger partial charge in [0.1, 0.15) is 66.1 Å². The summed E-state index contributed by atoms with van der Waals surface area (Å²) in [6.07, 6.45) is 0. The van der Waals surface area contributed by atoms with Crippen molar-refractivity contribution >= 4 is 128 Å². The van der Waals surface area contributed by atoms with Gasteiger partial charge < -0.3 is 14.5 Å². The third-order valence-electron chi connectivity index (χ3n) is 5.72. The Balaban J connectivity index is 2.72. The first-order valence-electron chi connectivity index (χ1n) is 7.96. The van der Waals surface area contributed by atoms with E-state index in [2.05, 4.69) is 39.2 Å². The van der Waals surface area contributed by atoms with Crippen molar-refractivity contribution in [2.24, 2.45) is 0 Å². The zero-order valence-corrected chi connectivity index (χ0v) is 14.9. The maximum absolute atomic E-state index is 9.89. The Morgan fingerprint density at radius 2 is 1.00 bits per heavy atom. The summed E-state index contributed by atoms with van der Waals surface area (Å²) in [7, 11) is 12.9. The minimum absolute atomic E-state index is 0.480. The lowest BCUT2D eigenvalue weighted by Gasteiger charge is -2.14. The monoisotopic (exact) mass is 296 g/mol. The normalized spacial score (nSPS) is 11.4. The molecule has 2 aromatic carbocycles. The number of rotatable bonds is 1. The molecular weight excluding hydrogens is 279 g/mol. The van der Waals surface area contributed by atoms with E-state index in [0.717, 1.165) is 38.2 Å². The Bertz CT molecular complexity index is 978. The summed E-state index contributed by atoms with van der Waals surface area (Å²) in [5.41, 5.74) is 9.86. The first-order chi connectivity index (χ1) is 10.7. The van der Waals surface area contributed by atoms with Gasteiger partial charge in [0.05, 0.1) is 0 Å². The van der Waals surface area contributed by atoms with E-state index in [9.17, 15) is 10.0 Å². The molecule has 1 heterocycles. The van der Waals surface area contributed by atoms with E-state index in [-0.39, 0.29) is 0 Å². The molecule has 23 heavy (non-hydrogen) atoms. The van der Waals surface area contributed by atoms with Crippen LogP contribution in [0.5, 0.6) is 0 Å². The van der Waals surface area contributed by atoms with Crippen molar-refractivity contribution < 1.29 is 14.5 Å². The van der Waals surface area contributed by atoms with E-state index < -0.39 is 7.12 Å². The first-order valence-corrected chi connectivity index (χ1v) is 7.96. The number of benzene rings is 2. The molecule has 0 unspecified atom stereocenters. The summed E-state index contributed by atoms with van der Waals surface area (Å²) >= 11 is 0. The second-order valence-electron chi connectivity index (χ2n) is 6.67. The Kier molecular flexibility index (Phi) is 3.85. The number of fused-ring (bicyclic) bond motifs is 3. The van der Waals surface area contributed by atoms with Gasteiger partial charge in [0.2, 0.25) is 0 Å². The molecule has 1 aromatic heterocycles. The molecule has 3 rings (SSSR count). The van der Waals surface area contributed by atoms with Gasteiger partial charge in [-0.2, -0.15) is 0 Å². The van der Waals surface area contributed by atoms with Crippen LogP contribution in [-0.2, 0) is 0 Å². The highest BCUT2D eigenvalue weighted by Crippen LogP contribution is 2.21. The van der Waals surface area contributed by atoms with E-state index in [0.29, 0.717) is 11.0 Å². The molecule has 0 fully saturated rings. The fourth-order valence-corrected chi connectivity index (χ4v) is 3.67. The van der Waals surface area contributed by atoms with Gasteiger partial charge in [-0.05, 0) is 0 Å². The molecule has 0 saturated carbocycles. The maximum atomic E-state index is 9.89. The molecule has 0 saturated heterocycles. The van der Waals surface area contributed by atoms with Gasteiger partial charge >= 0.3 is 7.12 Å². The Morgan fingerprint density at radius 3 is 1.52 bits per heavy atom. The molecule has 0 spiro atoms. The molecule has 2 N–H and O–H groups in total. The van der Waals surface area contributed by atoms with Crippen molar-refractivity contribution in [3.63, 3.8) is 0 Å². The molecule has 0 aliphatic heterocycles. The van der Waals surface area contributed by atoms with Gasteiger partial charge in [0.15, 0.2) is 0 Å². The van der Waals surface area contributed by atoms with Crippen LogP contribution in [0.15, 0.2) is 4.42 Å². The smallest absolute Gasteiger partial charge is 0.457 e. The Labute approximate surface area is 142 Å². The van der Waals surface area contributed by atoms with Crippen LogP contribution in [0.25, 0.3) is 21.9 Å². The summed E-state index contributed by atoms with van der Waals surface area (Å²) in [6.45, 7) is 0. The van der Waals surface area contributed by atoms with Gasteiger partial charge in [-0.3, -0.25) is 0 Å². The third kappa shape index (κ3) is 2.10. The molecule has 0 radical (unpaired) electrons. The number of furan rings is 1. The minimum Gasteiger partial charge on any atom is -0.457 e. The number of hydrogen-bond acceptors (Lipinski definition) is 3. The van der Waals surface area contributed by atoms with Crippen molar-refractivity contribution in [1.82, 2.24) is 0 Å². The molecule has 106 valence electrons. The predicted octanol–water partition coefficient (Wildman–Crippen LogP) is -10.9. The average molecular weight is 295 g/mol. The topological polar surface area (TPSA) is 53.6 Å². The van der Waals surface area contributed by atoms with Crippen molar-refractivity contribution in [3.05, 3.63) is 0 Å². The van der Waals surface area contributed by atoms with Crippen LogP contribution in [0.2, 0.25) is 0 Å². The summed E-state index contributed by atoms with van der Waals surface area (Å²) in [5.74, 6) is 0. The number of hydrogen-bond donors (Lipinski definition) is 2. The molecule has 0 bridgehead atoms. The van der Waals surface area contributed by atoms with Crippen molar-refractivity contribution in [1.29, 1.82) is 0 Å². The van der Waals surface area contributed by atoms with Crippen LogP contribution in [0.3, 0.4) is 0 Å². The first kappa shape index (κ1) is 16.5. The lowest BCUT2D eigenvalue weighted by molar-refractivity contribution is 0.426. The van der Waals surface area contributed by atoms with Gasteiger partial charge in [-0.15, -0.1) is 10.9 Å². The van der Waals surface area contributed by atoms with Crippen LogP contribution in [0, 0.1) is 0 Å². The molecule has 3 nitrogen and oxygen atoms in total. The minimum atomic E-state index is -1.54. The van der Waals surface area contributed by atoms with Gasteiger partial charge in [0, 0.05) is 16.2 Å². The summed E-state index contributed by atoms with van der Waals surface area (Å²) in [4.78, 5) is 0. The van der Waals surface area contributed by atoms with Gasteiger partial charge in [-0.1, -0.05) is 27.3 Å². The molecule has 0 amide bonds. The third-order valence-corrected chi connectivity index (χ3v) is 5.72. The van der Waals surface area contributed by atoms with E-state index in [1.54, 1.807) is 0 Å². The lowest BCUT2D eigenvalue weighted by Crippen LogP contribution is -2.53. The molecule has 11 heteroatoms. The Morgan fingerprint density at radius 1 is 0.565 bits per heavy atom. The summed E-state index contributed by atoms with van der Waals surface area (Å²) in [6, 6.07) is 0. The standard InChI is InChI=1S/C12H16B8O3/c13-3-1-2-4(14)6(16)8(18)10(20(21)22)12(2)23-11(1)9(19)7(17)5(3)15/h21-22H,13-19H2. The molecule has 0 aliphatic rings. The SMILES string of the molecule is Bc1c(B)c(B)c2c(oc3c(B(O)O)c(B)c(B)c(B)c32)c1B. The Hall–Kier alpha value is -1.32. The van der Waals surface area contributed by atoms with Crippen molar-refractivity contribution in [2.45, 2.75) is 0 Å². The quantitative estimate of drug-likeness (QED) is 0.438. The predicted molar refractivity (Wildman–Crippen MR) is 121 cm³/mol. The van der Waals surface area contributed by atoms with Crippen molar-refractivity contribution in [2.75, 3.05) is 0 Å². The van der Waals surface area contributed by atoms with Crippen LogP contribution < -0.4 is 43.7 Å². The second kappa shape index (κ2) is 5.35. The van der Waals surface area contributed by atoms with Crippen LogP contribution in [0.4, 0.5) is 0 Å². The van der Waals surface area contributed by atoms with E-state index >= 15 is 0 Å². The highest BCUT2D eigenvalue weighted by atomic mass is 16.4. The van der Waals surface area contributed by atoms with Crippen LogP contribution in [0.1, 0.15) is 0 Å². The maximum Gasteiger partial charge on any atom is 0.491 e. The highest BCUT2D eigenvalue weighted by molar-refractivity contribution is 6.75. The van der Waals surface area contributed by atoms with Crippen LogP contribution in [-0.4, -0.2) is 72.1 Å². The second-order valence-corrected chi connectivity index (χ2v) is 6.67. The largest absolute Gasteiger partial charge is 0.491 e. The fraction of sp³-hybridized carbons (Fsp3) is 0. The average Bonchev–Trinajstić information content (AvgIpc) is 2.88. The fourth-order valence-electron chi connectivity index (χ4n) is 3.67. The molecule has 0 atom stereocenters. The molecular formula is C12H16B8O3. The van der Waals surface area contributed by atoms with E-state index in [4.69, 9.17) is 4.42 Å². The van der Waals surface area contributed by atoms with Gasteiger partial charge in [0.25, 0.3) is 0 Å². The van der Waals surface area contributed by atoms with E-state index in [1.807, 2.05) is 15.7 Å². The highest BCUT2D eigenvalue weighted by Gasteiger charge is 2.26. The molecule has 3 aromatic rings.